The highest BCUT2D eigenvalue weighted by Gasteiger charge is 2.34. The molecule has 2 saturated heterocycles. The van der Waals surface area contributed by atoms with E-state index in [1.54, 1.807) is 23.8 Å². The maximum atomic E-state index is 12.8. The molecule has 0 bridgehead atoms. The van der Waals surface area contributed by atoms with Crippen LogP contribution in [0.25, 0.3) is 11.0 Å². The molecule has 2 aliphatic rings. The zero-order chi connectivity index (χ0) is 24.1. The highest BCUT2D eigenvalue weighted by molar-refractivity contribution is 5.78. The third kappa shape index (κ3) is 5.49. The second kappa shape index (κ2) is 11.1. The fraction of sp³-hybridized carbons (Fsp3) is 0.481. The van der Waals surface area contributed by atoms with Crippen LogP contribution in [0, 0.1) is 0 Å². The van der Waals surface area contributed by atoms with Crippen molar-refractivity contribution in [3.63, 3.8) is 0 Å². The molecule has 2 fully saturated rings. The summed E-state index contributed by atoms with van der Waals surface area (Å²) in [7, 11) is 1.66. The number of anilines is 1. The van der Waals surface area contributed by atoms with Crippen molar-refractivity contribution < 1.29 is 4.74 Å². The molecule has 0 saturated carbocycles. The lowest BCUT2D eigenvalue weighted by Gasteiger charge is -2.49. The van der Waals surface area contributed by atoms with Crippen LogP contribution < -0.4 is 10.5 Å². The van der Waals surface area contributed by atoms with Gasteiger partial charge in [-0.05, 0) is 31.6 Å². The van der Waals surface area contributed by atoms with Crippen molar-refractivity contribution in [1.82, 2.24) is 19.4 Å². The van der Waals surface area contributed by atoms with E-state index >= 15 is 0 Å². The second-order valence-electron chi connectivity index (χ2n) is 9.42. The number of fused-ring (bicyclic) bond motifs is 1. The summed E-state index contributed by atoms with van der Waals surface area (Å²) in [6.45, 7) is 15.9. The van der Waals surface area contributed by atoms with Crippen LogP contribution >= 0.6 is 0 Å². The Kier molecular flexibility index (Phi) is 7.98. The van der Waals surface area contributed by atoms with Gasteiger partial charge in [-0.2, -0.15) is 0 Å². The van der Waals surface area contributed by atoms with Crippen LogP contribution in [0.15, 0.2) is 65.6 Å². The Hall–Kier alpha value is -2.74. The van der Waals surface area contributed by atoms with Crippen molar-refractivity contribution in [2.24, 2.45) is 0 Å². The molecule has 4 rings (SSSR count). The average Bonchev–Trinajstić information content (AvgIpc) is 2.80. The molecule has 2 aromatic heterocycles. The summed E-state index contributed by atoms with van der Waals surface area (Å²) in [5.74, 6) is 0. The van der Waals surface area contributed by atoms with Crippen LogP contribution in [-0.2, 0) is 11.3 Å². The van der Waals surface area contributed by atoms with Gasteiger partial charge in [0.25, 0.3) is 5.56 Å². The maximum absolute atomic E-state index is 12.8. The van der Waals surface area contributed by atoms with Crippen LogP contribution in [0.4, 0.5) is 5.69 Å². The van der Waals surface area contributed by atoms with Gasteiger partial charge in [-0.15, -0.1) is 0 Å². The first kappa shape index (κ1) is 24.4. The first-order chi connectivity index (χ1) is 16.5. The third-order valence-electron chi connectivity index (χ3n) is 6.91. The van der Waals surface area contributed by atoms with Crippen molar-refractivity contribution in [1.29, 1.82) is 0 Å². The number of rotatable bonds is 9. The Morgan fingerprint density at radius 1 is 1.24 bits per heavy atom. The number of ether oxygens (including phenoxy) is 1. The Morgan fingerprint density at radius 2 is 2.00 bits per heavy atom. The predicted octanol–water partition coefficient (Wildman–Crippen LogP) is 2.93. The maximum Gasteiger partial charge on any atom is 0.251 e. The van der Waals surface area contributed by atoms with Crippen LogP contribution in [0.2, 0.25) is 0 Å². The quantitative estimate of drug-likeness (QED) is 0.533. The largest absolute Gasteiger partial charge is 0.381 e. The molecule has 0 aromatic carbocycles. The molecular weight excluding hydrogens is 426 g/mol. The highest BCUT2D eigenvalue weighted by atomic mass is 16.5. The summed E-state index contributed by atoms with van der Waals surface area (Å²) >= 11 is 0. The zero-order valence-electron chi connectivity index (χ0n) is 20.7. The lowest BCUT2D eigenvalue weighted by molar-refractivity contribution is 0.0678. The van der Waals surface area contributed by atoms with Gasteiger partial charge in [0.2, 0.25) is 0 Å². The molecule has 0 atom stereocenters. The first-order valence-electron chi connectivity index (χ1n) is 12.2. The number of aromatic nitrogens is 2. The molecule has 4 heterocycles. The van der Waals surface area contributed by atoms with Crippen molar-refractivity contribution in [3.05, 3.63) is 71.2 Å². The molecular formula is C27H37N5O2. The molecule has 0 spiro atoms. The fourth-order valence-corrected chi connectivity index (χ4v) is 4.80. The number of methoxy groups -OCH3 is 1. The molecule has 2 aliphatic heterocycles. The smallest absolute Gasteiger partial charge is 0.251 e. The molecule has 7 nitrogen and oxygen atoms in total. The van der Waals surface area contributed by atoms with E-state index < -0.39 is 0 Å². The van der Waals surface area contributed by atoms with Crippen molar-refractivity contribution >= 4 is 16.7 Å². The van der Waals surface area contributed by atoms with Crippen LogP contribution in [-0.4, -0.2) is 84.4 Å². The number of allylic oxidation sites excluding steroid dienone is 4. The summed E-state index contributed by atoms with van der Waals surface area (Å²) in [6.07, 6.45) is 9.52. The molecule has 0 N–H and O–H groups in total. The van der Waals surface area contributed by atoms with Gasteiger partial charge < -0.3 is 14.2 Å². The molecule has 0 aliphatic carbocycles. The lowest BCUT2D eigenvalue weighted by Crippen LogP contribution is -2.63. The van der Waals surface area contributed by atoms with Gasteiger partial charge in [0.1, 0.15) is 0 Å². The number of pyridine rings is 2. The van der Waals surface area contributed by atoms with E-state index in [1.807, 2.05) is 30.5 Å². The summed E-state index contributed by atoms with van der Waals surface area (Å²) in [5.41, 5.74) is 3.70. The predicted molar refractivity (Wildman–Crippen MR) is 140 cm³/mol. The normalized spacial score (nSPS) is 18.8. The van der Waals surface area contributed by atoms with Gasteiger partial charge in [0.05, 0.1) is 36.1 Å². The Balaban J connectivity index is 1.49. The molecule has 0 amide bonds. The van der Waals surface area contributed by atoms with E-state index in [0.717, 1.165) is 61.6 Å². The SMILES string of the molecule is C=C/C=C(\C=C/COC)Cn1c(=O)ccc2ncc(N3CC(N4CCN(C(C)C)CC4)C3)cc21. The minimum atomic E-state index is -0.0361. The Morgan fingerprint density at radius 3 is 2.68 bits per heavy atom. The molecule has 0 unspecified atom stereocenters. The first-order valence-corrected chi connectivity index (χ1v) is 12.2. The van der Waals surface area contributed by atoms with Crippen LogP contribution in [0.3, 0.4) is 0 Å². The van der Waals surface area contributed by atoms with E-state index in [9.17, 15) is 4.79 Å². The minimum Gasteiger partial charge on any atom is -0.381 e. The van der Waals surface area contributed by atoms with E-state index in [0.29, 0.717) is 25.2 Å². The number of nitrogens with zero attached hydrogens (tertiary/aromatic N) is 5. The summed E-state index contributed by atoms with van der Waals surface area (Å²) in [6, 6.07) is 6.73. The minimum absolute atomic E-state index is 0.0361. The van der Waals surface area contributed by atoms with Crippen molar-refractivity contribution in [3.8, 4) is 0 Å². The van der Waals surface area contributed by atoms with Crippen LogP contribution in [0.1, 0.15) is 13.8 Å². The van der Waals surface area contributed by atoms with Gasteiger partial charge in [-0.1, -0.05) is 30.9 Å². The number of piperazine rings is 1. The van der Waals surface area contributed by atoms with Crippen molar-refractivity contribution in [2.75, 3.05) is 57.9 Å². The molecule has 0 radical (unpaired) electrons. The van der Waals surface area contributed by atoms with Gasteiger partial charge >= 0.3 is 0 Å². The number of hydrogen-bond acceptors (Lipinski definition) is 6. The Labute approximate surface area is 202 Å². The average molecular weight is 464 g/mol. The monoisotopic (exact) mass is 463 g/mol. The van der Waals surface area contributed by atoms with Crippen LogP contribution in [0.5, 0.6) is 0 Å². The van der Waals surface area contributed by atoms with E-state index in [2.05, 4.69) is 46.2 Å². The van der Waals surface area contributed by atoms with E-state index in [4.69, 9.17) is 4.74 Å². The Bertz CT molecular complexity index is 1110. The van der Waals surface area contributed by atoms with Gasteiger partial charge in [-0.3, -0.25) is 19.6 Å². The zero-order valence-corrected chi connectivity index (χ0v) is 20.7. The van der Waals surface area contributed by atoms with Gasteiger partial charge in [0, 0.05) is 64.5 Å². The number of hydrogen-bond donors (Lipinski definition) is 0. The molecule has 7 heteroatoms. The summed E-state index contributed by atoms with van der Waals surface area (Å²) in [5, 5.41) is 0. The third-order valence-corrected chi connectivity index (χ3v) is 6.91. The molecule has 182 valence electrons. The van der Waals surface area contributed by atoms with E-state index in [-0.39, 0.29) is 5.56 Å². The highest BCUT2D eigenvalue weighted by Crippen LogP contribution is 2.26. The fourth-order valence-electron chi connectivity index (χ4n) is 4.80. The molecule has 2 aromatic rings. The van der Waals surface area contributed by atoms with Gasteiger partial charge in [0.15, 0.2) is 0 Å². The summed E-state index contributed by atoms with van der Waals surface area (Å²) < 4.78 is 6.91. The topological polar surface area (TPSA) is 53.8 Å². The van der Waals surface area contributed by atoms with Gasteiger partial charge in [-0.25, -0.2) is 0 Å². The van der Waals surface area contributed by atoms with E-state index in [1.165, 1.54) is 0 Å². The summed E-state index contributed by atoms with van der Waals surface area (Å²) in [4.78, 5) is 25.0. The lowest BCUT2D eigenvalue weighted by atomic mass is 10.0. The second-order valence-corrected chi connectivity index (χ2v) is 9.42. The van der Waals surface area contributed by atoms with Crippen molar-refractivity contribution in [2.45, 2.75) is 32.5 Å². The molecule has 34 heavy (non-hydrogen) atoms. The standard InChI is InChI=1S/C27H37N5O2/c1-5-7-22(8-6-15-34-4)18-32-26-16-23(17-28-25(26)9-10-27(32)33)31-19-24(20-31)30-13-11-29(12-14-30)21(2)3/h5-10,16-17,21,24H,1,11-15,18-20H2,2-4H3/b8-6-,22-7+.